The van der Waals surface area contributed by atoms with Gasteiger partial charge in [-0.05, 0) is 29.9 Å². The Hall–Kier alpha value is -1.65. The number of aromatic amines is 1. The Kier molecular flexibility index (Phi) is 3.13. The van der Waals surface area contributed by atoms with E-state index in [2.05, 4.69) is 39.7 Å². The molecule has 4 nitrogen and oxygen atoms in total. The number of nitrogens with two attached hydrogens (primary N) is 1. The van der Waals surface area contributed by atoms with Crippen LogP contribution in [-0.2, 0) is 0 Å². The van der Waals surface area contributed by atoms with E-state index in [4.69, 9.17) is 5.84 Å². The summed E-state index contributed by atoms with van der Waals surface area (Å²) in [6.07, 6.45) is 7.53. The van der Waals surface area contributed by atoms with E-state index in [0.717, 1.165) is 17.3 Å². The van der Waals surface area contributed by atoms with Crippen LogP contribution in [0.15, 0.2) is 36.7 Å². The molecular formula is C14H18N4. The fraction of sp³-hybridized carbons (Fsp3) is 0.357. The van der Waals surface area contributed by atoms with Crippen LogP contribution >= 0.6 is 0 Å². The van der Waals surface area contributed by atoms with Crippen molar-refractivity contribution < 1.29 is 0 Å². The van der Waals surface area contributed by atoms with Gasteiger partial charge in [0.25, 0.3) is 0 Å². The molecule has 1 aromatic heterocycles. The second-order valence-electron chi connectivity index (χ2n) is 4.87. The van der Waals surface area contributed by atoms with Gasteiger partial charge in [-0.2, -0.15) is 0 Å². The van der Waals surface area contributed by atoms with Crippen molar-refractivity contribution in [3.05, 3.63) is 53.6 Å². The molecule has 0 radical (unpaired) electrons. The highest BCUT2D eigenvalue weighted by Crippen LogP contribution is 2.37. The molecule has 1 aliphatic carbocycles. The van der Waals surface area contributed by atoms with Crippen LogP contribution in [0, 0.1) is 0 Å². The first-order valence-electron chi connectivity index (χ1n) is 6.44. The maximum absolute atomic E-state index is 5.66. The summed E-state index contributed by atoms with van der Waals surface area (Å²) in [7, 11) is 0. The van der Waals surface area contributed by atoms with E-state index in [1.165, 1.54) is 24.8 Å². The molecule has 0 amide bonds. The van der Waals surface area contributed by atoms with Gasteiger partial charge in [-0.1, -0.05) is 30.7 Å². The fourth-order valence-corrected chi connectivity index (χ4v) is 2.50. The Balaban J connectivity index is 1.90. The third kappa shape index (κ3) is 2.05. The summed E-state index contributed by atoms with van der Waals surface area (Å²) in [6.45, 7) is 0. The topological polar surface area (TPSA) is 66.7 Å². The van der Waals surface area contributed by atoms with E-state index in [-0.39, 0.29) is 6.04 Å². The Morgan fingerprint density at radius 3 is 2.89 bits per heavy atom. The normalized spacial score (nSPS) is 17.4. The molecule has 1 aromatic carbocycles. The van der Waals surface area contributed by atoms with E-state index >= 15 is 0 Å². The van der Waals surface area contributed by atoms with E-state index in [1.807, 2.05) is 6.20 Å². The maximum atomic E-state index is 5.66. The van der Waals surface area contributed by atoms with Crippen LogP contribution < -0.4 is 11.3 Å². The molecule has 4 N–H and O–H groups in total. The van der Waals surface area contributed by atoms with Crippen LogP contribution in [-0.4, -0.2) is 9.97 Å². The van der Waals surface area contributed by atoms with Gasteiger partial charge < -0.3 is 4.98 Å². The predicted molar refractivity (Wildman–Crippen MR) is 70.8 cm³/mol. The zero-order valence-corrected chi connectivity index (χ0v) is 10.3. The lowest BCUT2D eigenvalue weighted by Crippen LogP contribution is -2.29. The Morgan fingerprint density at radius 1 is 1.39 bits per heavy atom. The van der Waals surface area contributed by atoms with Crippen molar-refractivity contribution in [1.82, 2.24) is 15.4 Å². The van der Waals surface area contributed by atoms with E-state index in [1.54, 1.807) is 6.20 Å². The van der Waals surface area contributed by atoms with E-state index in [9.17, 15) is 0 Å². The number of rotatable bonds is 4. The highest BCUT2D eigenvalue weighted by Gasteiger charge is 2.21. The minimum Gasteiger partial charge on any atom is -0.347 e. The van der Waals surface area contributed by atoms with Crippen LogP contribution in [0.5, 0.6) is 0 Å². The van der Waals surface area contributed by atoms with Crippen LogP contribution in [0.3, 0.4) is 0 Å². The van der Waals surface area contributed by atoms with Crippen molar-refractivity contribution in [1.29, 1.82) is 0 Å². The SMILES string of the molecule is NNC(c1cccc(C2CCC2)c1)c1ncc[nH]1. The molecule has 1 aliphatic rings. The molecule has 0 bridgehead atoms. The average Bonchev–Trinajstić information content (AvgIpc) is 2.82. The van der Waals surface area contributed by atoms with Gasteiger partial charge in [0.2, 0.25) is 0 Å². The Labute approximate surface area is 107 Å². The minimum atomic E-state index is -0.0694. The second-order valence-corrected chi connectivity index (χ2v) is 4.87. The predicted octanol–water partition coefficient (Wildman–Crippen LogP) is 2.23. The van der Waals surface area contributed by atoms with Crippen LogP contribution in [0.4, 0.5) is 0 Å². The molecule has 3 rings (SSSR count). The van der Waals surface area contributed by atoms with Crippen molar-refractivity contribution >= 4 is 0 Å². The molecular weight excluding hydrogens is 224 g/mol. The quantitative estimate of drug-likeness (QED) is 0.569. The van der Waals surface area contributed by atoms with Gasteiger partial charge in [-0.3, -0.25) is 5.84 Å². The number of hydrazine groups is 1. The van der Waals surface area contributed by atoms with Crippen LogP contribution in [0.2, 0.25) is 0 Å². The van der Waals surface area contributed by atoms with Crippen molar-refractivity contribution in [3.63, 3.8) is 0 Å². The molecule has 4 heteroatoms. The van der Waals surface area contributed by atoms with Gasteiger partial charge in [-0.15, -0.1) is 0 Å². The lowest BCUT2D eigenvalue weighted by atomic mass is 9.79. The molecule has 94 valence electrons. The summed E-state index contributed by atoms with van der Waals surface area (Å²) in [4.78, 5) is 7.38. The summed E-state index contributed by atoms with van der Waals surface area (Å²) in [5, 5.41) is 0. The summed E-state index contributed by atoms with van der Waals surface area (Å²) in [5.74, 6) is 7.25. The summed E-state index contributed by atoms with van der Waals surface area (Å²) in [6, 6.07) is 8.59. The number of hydrogen-bond donors (Lipinski definition) is 3. The first-order chi connectivity index (χ1) is 8.88. The van der Waals surface area contributed by atoms with Crippen LogP contribution in [0.25, 0.3) is 0 Å². The summed E-state index contributed by atoms with van der Waals surface area (Å²) in [5.41, 5.74) is 5.41. The number of H-pyrrole nitrogens is 1. The molecule has 0 spiro atoms. The van der Waals surface area contributed by atoms with Gasteiger partial charge in [0, 0.05) is 12.4 Å². The van der Waals surface area contributed by atoms with Crippen molar-refractivity contribution in [2.75, 3.05) is 0 Å². The van der Waals surface area contributed by atoms with Crippen molar-refractivity contribution in [2.45, 2.75) is 31.2 Å². The van der Waals surface area contributed by atoms with E-state index in [0.29, 0.717) is 0 Å². The lowest BCUT2D eigenvalue weighted by Gasteiger charge is -2.26. The number of hydrogen-bond acceptors (Lipinski definition) is 3. The number of nitrogens with zero attached hydrogens (tertiary/aromatic N) is 1. The van der Waals surface area contributed by atoms with Gasteiger partial charge in [0.15, 0.2) is 0 Å². The number of benzene rings is 1. The fourth-order valence-electron chi connectivity index (χ4n) is 2.50. The molecule has 2 aromatic rings. The summed E-state index contributed by atoms with van der Waals surface area (Å²) >= 11 is 0. The highest BCUT2D eigenvalue weighted by atomic mass is 15.2. The molecule has 1 saturated carbocycles. The number of nitrogens with one attached hydrogen (secondary N) is 2. The Morgan fingerprint density at radius 2 is 2.28 bits per heavy atom. The third-order valence-corrected chi connectivity index (χ3v) is 3.78. The molecule has 1 fully saturated rings. The summed E-state index contributed by atoms with van der Waals surface area (Å²) < 4.78 is 0. The first kappa shape index (κ1) is 11.4. The Bertz CT molecular complexity index is 502. The highest BCUT2D eigenvalue weighted by molar-refractivity contribution is 5.32. The molecule has 1 atom stereocenters. The minimum absolute atomic E-state index is 0.0694. The molecule has 1 heterocycles. The van der Waals surface area contributed by atoms with Gasteiger partial charge in [0.05, 0.1) is 0 Å². The van der Waals surface area contributed by atoms with Gasteiger partial charge in [0.1, 0.15) is 11.9 Å². The van der Waals surface area contributed by atoms with Crippen molar-refractivity contribution in [2.24, 2.45) is 5.84 Å². The van der Waals surface area contributed by atoms with E-state index < -0.39 is 0 Å². The zero-order valence-electron chi connectivity index (χ0n) is 10.3. The molecule has 0 saturated heterocycles. The largest absolute Gasteiger partial charge is 0.347 e. The smallest absolute Gasteiger partial charge is 0.129 e. The number of aromatic nitrogens is 2. The average molecular weight is 242 g/mol. The third-order valence-electron chi connectivity index (χ3n) is 3.78. The van der Waals surface area contributed by atoms with Crippen molar-refractivity contribution in [3.8, 4) is 0 Å². The number of imidazole rings is 1. The first-order valence-corrected chi connectivity index (χ1v) is 6.44. The molecule has 0 aliphatic heterocycles. The second kappa shape index (κ2) is 4.92. The van der Waals surface area contributed by atoms with Gasteiger partial charge in [-0.25, -0.2) is 10.4 Å². The molecule has 1 unspecified atom stereocenters. The standard InChI is InChI=1S/C14H18N4/c15-18-13(14-16-7-8-17-14)12-6-2-5-11(9-12)10-3-1-4-10/h2,5-10,13,18H,1,3-4,15H2,(H,16,17). The maximum Gasteiger partial charge on any atom is 0.129 e. The van der Waals surface area contributed by atoms with Gasteiger partial charge >= 0.3 is 0 Å². The van der Waals surface area contributed by atoms with Crippen LogP contribution in [0.1, 0.15) is 48.2 Å². The zero-order chi connectivity index (χ0) is 12.4. The monoisotopic (exact) mass is 242 g/mol. The molecule has 18 heavy (non-hydrogen) atoms. The lowest BCUT2D eigenvalue weighted by molar-refractivity contribution is 0.419.